The first-order valence-corrected chi connectivity index (χ1v) is 5.91. The number of carbonyl (C=O) groups excluding carboxylic acids is 1. The van der Waals surface area contributed by atoms with Crippen LogP contribution in [-0.4, -0.2) is 29.3 Å². The molecule has 4 nitrogen and oxygen atoms in total. The number of aliphatic carboxylic acids is 1. The number of rotatable bonds is 4. The van der Waals surface area contributed by atoms with Crippen molar-refractivity contribution in [1.82, 2.24) is 5.32 Å². The quantitative estimate of drug-likeness (QED) is 0.630. The van der Waals surface area contributed by atoms with Crippen LogP contribution in [0.5, 0.6) is 0 Å². The Labute approximate surface area is 94.8 Å². The van der Waals surface area contributed by atoms with Crippen molar-refractivity contribution in [2.75, 3.05) is 12.3 Å². The summed E-state index contributed by atoms with van der Waals surface area (Å²) in [5, 5.41) is 11.7. The summed E-state index contributed by atoms with van der Waals surface area (Å²) in [4.78, 5) is 22.6. The van der Waals surface area contributed by atoms with Gasteiger partial charge in [0.1, 0.15) is 0 Å². The Bertz CT molecular complexity index is 245. The van der Waals surface area contributed by atoms with Crippen LogP contribution in [0.2, 0.25) is 0 Å². The maximum absolute atomic E-state index is 11.7. The van der Waals surface area contributed by atoms with Gasteiger partial charge < -0.3 is 10.4 Å². The number of carboxylic acids is 1. The maximum Gasteiger partial charge on any atom is 0.307 e. The molecule has 0 aromatic heterocycles. The zero-order chi connectivity index (χ0) is 11.3. The van der Waals surface area contributed by atoms with E-state index in [4.69, 9.17) is 5.11 Å². The van der Waals surface area contributed by atoms with Gasteiger partial charge in [-0.3, -0.25) is 9.59 Å². The van der Waals surface area contributed by atoms with Crippen molar-refractivity contribution in [1.29, 1.82) is 0 Å². The van der Waals surface area contributed by atoms with Crippen molar-refractivity contribution >= 4 is 24.5 Å². The van der Waals surface area contributed by atoms with Crippen molar-refractivity contribution in [2.24, 2.45) is 11.8 Å². The monoisotopic (exact) mass is 231 g/mol. The largest absolute Gasteiger partial charge is 0.481 e. The van der Waals surface area contributed by atoms with E-state index in [1.54, 1.807) is 0 Å². The molecule has 0 spiro atoms. The lowest BCUT2D eigenvalue weighted by Gasteiger charge is -2.27. The highest BCUT2D eigenvalue weighted by Gasteiger charge is 2.35. The summed E-state index contributed by atoms with van der Waals surface area (Å²) in [5.41, 5.74) is 0. The van der Waals surface area contributed by atoms with Crippen molar-refractivity contribution in [3.8, 4) is 0 Å². The predicted molar refractivity (Wildman–Crippen MR) is 59.9 cm³/mol. The molecule has 0 aromatic carbocycles. The van der Waals surface area contributed by atoms with Gasteiger partial charge in [-0.2, -0.15) is 12.6 Å². The van der Waals surface area contributed by atoms with E-state index < -0.39 is 11.9 Å². The average molecular weight is 231 g/mol. The van der Waals surface area contributed by atoms with Crippen molar-refractivity contribution in [3.05, 3.63) is 0 Å². The third-order valence-corrected chi connectivity index (χ3v) is 3.05. The first-order chi connectivity index (χ1) is 7.16. The fourth-order valence-corrected chi connectivity index (χ4v) is 2.16. The van der Waals surface area contributed by atoms with E-state index in [1.165, 1.54) is 0 Å². The minimum atomic E-state index is -0.847. The van der Waals surface area contributed by atoms with Crippen molar-refractivity contribution in [2.45, 2.75) is 25.7 Å². The molecule has 0 aliphatic heterocycles. The second-order valence-corrected chi connectivity index (χ2v) is 4.30. The molecule has 2 N–H and O–H groups in total. The van der Waals surface area contributed by atoms with E-state index in [-0.39, 0.29) is 11.8 Å². The average Bonchev–Trinajstić information content (AvgIpc) is 2.25. The number of carbonyl (C=O) groups is 2. The lowest BCUT2D eigenvalue weighted by Crippen LogP contribution is -2.40. The van der Waals surface area contributed by atoms with E-state index in [1.807, 2.05) is 0 Å². The summed E-state index contributed by atoms with van der Waals surface area (Å²) in [6.07, 6.45) is 3.17. The van der Waals surface area contributed by atoms with Gasteiger partial charge in [-0.25, -0.2) is 0 Å². The van der Waals surface area contributed by atoms with Gasteiger partial charge in [-0.1, -0.05) is 12.8 Å². The van der Waals surface area contributed by atoms with Crippen LogP contribution < -0.4 is 5.32 Å². The van der Waals surface area contributed by atoms with Crippen molar-refractivity contribution < 1.29 is 14.7 Å². The number of thiol groups is 1. The lowest BCUT2D eigenvalue weighted by molar-refractivity contribution is -0.148. The molecule has 1 fully saturated rings. The number of amides is 1. The van der Waals surface area contributed by atoms with Gasteiger partial charge in [0.2, 0.25) is 5.91 Å². The van der Waals surface area contributed by atoms with Crippen LogP contribution in [0.15, 0.2) is 0 Å². The summed E-state index contributed by atoms with van der Waals surface area (Å²) in [6, 6.07) is 0. The highest BCUT2D eigenvalue weighted by Crippen LogP contribution is 2.30. The minimum absolute atomic E-state index is 0.129. The Balaban J connectivity index is 2.55. The molecule has 1 amide bonds. The fourth-order valence-electron chi connectivity index (χ4n) is 2.05. The molecular weight excluding hydrogens is 214 g/mol. The molecule has 1 aliphatic carbocycles. The van der Waals surface area contributed by atoms with E-state index in [0.29, 0.717) is 25.1 Å². The lowest BCUT2D eigenvalue weighted by atomic mass is 9.79. The molecule has 86 valence electrons. The minimum Gasteiger partial charge on any atom is -0.481 e. The van der Waals surface area contributed by atoms with Gasteiger partial charge in [-0.15, -0.1) is 0 Å². The molecule has 1 rings (SSSR count). The summed E-state index contributed by atoms with van der Waals surface area (Å²) in [7, 11) is 0. The second kappa shape index (κ2) is 6.00. The molecule has 15 heavy (non-hydrogen) atoms. The standard InChI is InChI=1S/C10H17NO3S/c12-9(11-5-6-15)7-3-1-2-4-8(7)10(13)14/h7-8,15H,1-6H2,(H,11,12)(H,13,14)/t7-,8-/m0/s1. The smallest absolute Gasteiger partial charge is 0.307 e. The normalized spacial score (nSPS) is 25.9. The van der Waals surface area contributed by atoms with Gasteiger partial charge >= 0.3 is 5.97 Å². The zero-order valence-corrected chi connectivity index (χ0v) is 9.50. The van der Waals surface area contributed by atoms with E-state index in [9.17, 15) is 9.59 Å². The molecule has 5 heteroatoms. The van der Waals surface area contributed by atoms with E-state index in [0.717, 1.165) is 12.8 Å². The predicted octanol–water partition coefficient (Wildman–Crippen LogP) is 0.923. The molecule has 2 atom stereocenters. The fraction of sp³-hybridized carbons (Fsp3) is 0.800. The number of hydrogen-bond acceptors (Lipinski definition) is 3. The zero-order valence-electron chi connectivity index (χ0n) is 8.61. The topological polar surface area (TPSA) is 66.4 Å². The molecule has 0 heterocycles. The van der Waals surface area contributed by atoms with Gasteiger partial charge in [0.25, 0.3) is 0 Å². The summed E-state index contributed by atoms with van der Waals surface area (Å²) in [6.45, 7) is 0.505. The van der Waals surface area contributed by atoms with Crippen LogP contribution in [0, 0.1) is 11.8 Å². The van der Waals surface area contributed by atoms with Crippen LogP contribution in [0.4, 0.5) is 0 Å². The molecule has 1 aliphatic rings. The van der Waals surface area contributed by atoms with Crippen LogP contribution in [0.25, 0.3) is 0 Å². The Morgan fingerprint density at radius 2 is 1.87 bits per heavy atom. The van der Waals surface area contributed by atoms with Crippen LogP contribution >= 0.6 is 12.6 Å². The molecule has 0 saturated heterocycles. The van der Waals surface area contributed by atoms with Crippen LogP contribution in [0.1, 0.15) is 25.7 Å². The third kappa shape index (κ3) is 3.41. The van der Waals surface area contributed by atoms with Crippen molar-refractivity contribution in [3.63, 3.8) is 0 Å². The number of hydrogen-bond donors (Lipinski definition) is 3. The molecule has 0 radical (unpaired) electrons. The molecule has 1 saturated carbocycles. The van der Waals surface area contributed by atoms with Gasteiger partial charge in [0.15, 0.2) is 0 Å². The second-order valence-electron chi connectivity index (χ2n) is 3.85. The number of nitrogens with one attached hydrogen (secondary N) is 1. The Hall–Kier alpha value is -0.710. The van der Waals surface area contributed by atoms with E-state index in [2.05, 4.69) is 17.9 Å². The summed E-state index contributed by atoms with van der Waals surface area (Å²) in [5.74, 6) is -1.25. The molecular formula is C10H17NO3S. The van der Waals surface area contributed by atoms with E-state index >= 15 is 0 Å². The first-order valence-electron chi connectivity index (χ1n) is 5.28. The highest BCUT2D eigenvalue weighted by molar-refractivity contribution is 7.80. The summed E-state index contributed by atoms with van der Waals surface area (Å²) < 4.78 is 0. The van der Waals surface area contributed by atoms with Gasteiger partial charge in [0.05, 0.1) is 11.8 Å². The maximum atomic E-state index is 11.7. The van der Waals surface area contributed by atoms with Crippen LogP contribution in [-0.2, 0) is 9.59 Å². The third-order valence-electron chi connectivity index (χ3n) is 2.83. The Morgan fingerprint density at radius 3 is 2.40 bits per heavy atom. The first kappa shape index (κ1) is 12.4. The Morgan fingerprint density at radius 1 is 1.27 bits per heavy atom. The Kier molecular flexibility index (Phi) is 4.94. The highest BCUT2D eigenvalue weighted by atomic mass is 32.1. The SMILES string of the molecule is O=C(O)[C@H]1CCCC[C@@H]1C(=O)NCCS. The van der Waals surface area contributed by atoms with Gasteiger partial charge in [0, 0.05) is 12.3 Å². The van der Waals surface area contributed by atoms with Gasteiger partial charge in [-0.05, 0) is 12.8 Å². The number of carboxylic acid groups (broad SMARTS) is 1. The molecule has 0 bridgehead atoms. The summed E-state index contributed by atoms with van der Waals surface area (Å²) >= 11 is 3.99. The van der Waals surface area contributed by atoms with Crippen LogP contribution in [0.3, 0.4) is 0 Å². The molecule has 0 aromatic rings. The molecule has 0 unspecified atom stereocenters.